The molecular weight excluding hydrogens is 174 g/mol. The quantitative estimate of drug-likeness (QED) is 0.655. The normalized spacial score (nSPS) is 20.6. The Kier molecular flexibility index (Phi) is 5.45. The van der Waals surface area contributed by atoms with Gasteiger partial charge in [-0.25, -0.2) is 0 Å². The van der Waals surface area contributed by atoms with Crippen LogP contribution in [0, 0.1) is 0 Å². The molecule has 14 heavy (non-hydrogen) atoms. The Morgan fingerprint density at radius 2 is 1.93 bits per heavy atom. The van der Waals surface area contributed by atoms with Crippen molar-refractivity contribution in [3.8, 4) is 0 Å². The fourth-order valence-corrected chi connectivity index (χ4v) is 2.14. The van der Waals surface area contributed by atoms with Crippen LogP contribution in [0.2, 0.25) is 0 Å². The number of likely N-dealkylation sites (tertiary alicyclic amines) is 1. The highest BCUT2D eigenvalue weighted by atomic mass is 15.2. The van der Waals surface area contributed by atoms with Gasteiger partial charge in [0.05, 0.1) is 0 Å². The van der Waals surface area contributed by atoms with E-state index in [1.165, 1.54) is 38.9 Å². The fourth-order valence-electron chi connectivity index (χ4n) is 2.14. The van der Waals surface area contributed by atoms with Gasteiger partial charge in [0.2, 0.25) is 0 Å². The second-order valence-corrected chi connectivity index (χ2v) is 4.49. The molecule has 0 amide bonds. The molecule has 0 aromatic heterocycles. The number of piperidine rings is 1. The first-order valence-corrected chi connectivity index (χ1v) is 5.77. The zero-order chi connectivity index (χ0) is 10.4. The molecule has 1 heterocycles. The van der Waals surface area contributed by atoms with Gasteiger partial charge >= 0.3 is 0 Å². The Bertz CT molecular complexity index is 139. The summed E-state index contributed by atoms with van der Waals surface area (Å²) in [6, 6.07) is 0.815. The lowest BCUT2D eigenvalue weighted by Gasteiger charge is -2.35. The zero-order valence-electron chi connectivity index (χ0n) is 9.92. The molecule has 1 N–H and O–H groups in total. The summed E-state index contributed by atoms with van der Waals surface area (Å²) < 4.78 is 0. The average molecular weight is 199 g/mol. The predicted molar refractivity (Wildman–Crippen MR) is 61.7 cm³/mol. The minimum absolute atomic E-state index is 0.815. The van der Waals surface area contributed by atoms with Crippen molar-refractivity contribution in [1.82, 2.24) is 15.1 Å². The maximum absolute atomic E-state index is 3.20. The molecule has 1 rings (SSSR count). The van der Waals surface area contributed by atoms with Crippen LogP contribution in [-0.2, 0) is 0 Å². The van der Waals surface area contributed by atoms with E-state index in [0.29, 0.717) is 0 Å². The molecule has 0 unspecified atom stereocenters. The van der Waals surface area contributed by atoms with E-state index in [1.807, 2.05) is 7.05 Å². The van der Waals surface area contributed by atoms with Gasteiger partial charge in [-0.05, 0) is 66.6 Å². The first-order chi connectivity index (χ1) is 6.74. The molecule has 1 fully saturated rings. The van der Waals surface area contributed by atoms with Gasteiger partial charge in [-0.1, -0.05) is 0 Å². The van der Waals surface area contributed by atoms with Crippen molar-refractivity contribution in [2.24, 2.45) is 0 Å². The second kappa shape index (κ2) is 6.38. The van der Waals surface area contributed by atoms with Crippen LogP contribution >= 0.6 is 0 Å². The lowest BCUT2D eigenvalue weighted by molar-refractivity contribution is 0.144. The van der Waals surface area contributed by atoms with Crippen molar-refractivity contribution in [1.29, 1.82) is 0 Å². The van der Waals surface area contributed by atoms with Crippen molar-refractivity contribution >= 4 is 0 Å². The SMILES string of the molecule is CNCCCN1CCC(N(C)C)CC1. The van der Waals surface area contributed by atoms with Gasteiger partial charge in [0.25, 0.3) is 0 Å². The number of nitrogens with zero attached hydrogens (tertiary/aromatic N) is 2. The second-order valence-electron chi connectivity index (χ2n) is 4.49. The lowest BCUT2D eigenvalue weighted by Crippen LogP contribution is -2.42. The van der Waals surface area contributed by atoms with Gasteiger partial charge in [0, 0.05) is 6.04 Å². The molecule has 0 atom stereocenters. The molecule has 1 aliphatic rings. The molecule has 1 saturated heterocycles. The Balaban J connectivity index is 2.09. The van der Waals surface area contributed by atoms with E-state index in [2.05, 4.69) is 29.2 Å². The van der Waals surface area contributed by atoms with Crippen LogP contribution in [0.25, 0.3) is 0 Å². The van der Waals surface area contributed by atoms with Crippen LogP contribution < -0.4 is 5.32 Å². The topological polar surface area (TPSA) is 18.5 Å². The van der Waals surface area contributed by atoms with E-state index in [0.717, 1.165) is 12.6 Å². The third kappa shape index (κ3) is 3.95. The smallest absolute Gasteiger partial charge is 0.0113 e. The first-order valence-electron chi connectivity index (χ1n) is 5.77. The minimum Gasteiger partial charge on any atom is -0.320 e. The Morgan fingerprint density at radius 1 is 1.29 bits per heavy atom. The van der Waals surface area contributed by atoms with Gasteiger partial charge in [-0.2, -0.15) is 0 Å². The van der Waals surface area contributed by atoms with Crippen molar-refractivity contribution < 1.29 is 0 Å². The van der Waals surface area contributed by atoms with Crippen molar-refractivity contribution in [2.45, 2.75) is 25.3 Å². The molecule has 0 spiro atoms. The van der Waals surface area contributed by atoms with Crippen LogP contribution in [-0.4, -0.2) is 63.2 Å². The first kappa shape index (κ1) is 12.0. The standard InChI is InChI=1S/C11H25N3/c1-12-7-4-8-14-9-5-11(6-10-14)13(2)3/h11-12H,4-10H2,1-3H3. The molecule has 0 saturated carbocycles. The van der Waals surface area contributed by atoms with E-state index >= 15 is 0 Å². The highest BCUT2D eigenvalue weighted by Gasteiger charge is 2.19. The maximum Gasteiger partial charge on any atom is 0.0113 e. The number of hydrogen-bond acceptors (Lipinski definition) is 3. The van der Waals surface area contributed by atoms with Crippen molar-refractivity contribution in [2.75, 3.05) is 47.3 Å². The molecule has 3 nitrogen and oxygen atoms in total. The van der Waals surface area contributed by atoms with Gasteiger partial charge in [-0.15, -0.1) is 0 Å². The largest absolute Gasteiger partial charge is 0.320 e. The molecule has 84 valence electrons. The average Bonchev–Trinajstić information content (AvgIpc) is 2.19. The molecule has 3 heteroatoms. The monoisotopic (exact) mass is 199 g/mol. The predicted octanol–water partition coefficient (Wildman–Crippen LogP) is 0.622. The Labute approximate surface area is 88.5 Å². The van der Waals surface area contributed by atoms with Gasteiger partial charge in [0.15, 0.2) is 0 Å². The Morgan fingerprint density at radius 3 is 2.43 bits per heavy atom. The van der Waals surface area contributed by atoms with E-state index in [-0.39, 0.29) is 0 Å². The molecule has 0 aromatic rings. The third-order valence-electron chi connectivity index (χ3n) is 3.19. The highest BCUT2D eigenvalue weighted by Crippen LogP contribution is 2.13. The van der Waals surface area contributed by atoms with E-state index in [4.69, 9.17) is 0 Å². The Hall–Kier alpha value is -0.120. The maximum atomic E-state index is 3.20. The van der Waals surface area contributed by atoms with Gasteiger partial charge in [-0.3, -0.25) is 0 Å². The highest BCUT2D eigenvalue weighted by molar-refractivity contribution is 4.76. The van der Waals surface area contributed by atoms with Crippen LogP contribution in [0.1, 0.15) is 19.3 Å². The third-order valence-corrected chi connectivity index (χ3v) is 3.19. The summed E-state index contributed by atoms with van der Waals surface area (Å²) in [4.78, 5) is 4.96. The van der Waals surface area contributed by atoms with E-state index in [1.54, 1.807) is 0 Å². The minimum atomic E-state index is 0.815. The van der Waals surface area contributed by atoms with E-state index < -0.39 is 0 Å². The number of hydrogen-bond donors (Lipinski definition) is 1. The van der Waals surface area contributed by atoms with Crippen molar-refractivity contribution in [3.05, 3.63) is 0 Å². The van der Waals surface area contributed by atoms with Crippen LogP contribution in [0.5, 0.6) is 0 Å². The fraction of sp³-hybridized carbons (Fsp3) is 1.00. The molecule has 1 aliphatic heterocycles. The van der Waals surface area contributed by atoms with Crippen LogP contribution in [0.4, 0.5) is 0 Å². The summed E-state index contributed by atoms with van der Waals surface area (Å²) >= 11 is 0. The summed E-state index contributed by atoms with van der Waals surface area (Å²) in [6.45, 7) is 4.98. The molecule has 0 bridgehead atoms. The number of nitrogens with one attached hydrogen (secondary N) is 1. The number of rotatable bonds is 5. The lowest BCUT2D eigenvalue weighted by atomic mass is 10.0. The summed E-state index contributed by atoms with van der Waals surface area (Å²) in [7, 11) is 6.42. The van der Waals surface area contributed by atoms with Gasteiger partial charge < -0.3 is 15.1 Å². The van der Waals surface area contributed by atoms with Crippen LogP contribution in [0.15, 0.2) is 0 Å². The van der Waals surface area contributed by atoms with Crippen molar-refractivity contribution in [3.63, 3.8) is 0 Å². The summed E-state index contributed by atoms with van der Waals surface area (Å²) in [5.74, 6) is 0. The van der Waals surface area contributed by atoms with E-state index in [9.17, 15) is 0 Å². The zero-order valence-corrected chi connectivity index (χ0v) is 9.92. The summed E-state index contributed by atoms with van der Waals surface area (Å²) in [5.41, 5.74) is 0. The molecular formula is C11H25N3. The summed E-state index contributed by atoms with van der Waals surface area (Å²) in [6.07, 6.45) is 3.96. The summed E-state index contributed by atoms with van der Waals surface area (Å²) in [5, 5.41) is 3.20. The molecule has 0 radical (unpaired) electrons. The van der Waals surface area contributed by atoms with Crippen LogP contribution in [0.3, 0.4) is 0 Å². The van der Waals surface area contributed by atoms with Gasteiger partial charge in [0.1, 0.15) is 0 Å². The molecule has 0 aliphatic carbocycles. The molecule has 0 aromatic carbocycles.